The SMILES string of the molecule is COC1CN(c2cccc(F)c2C=O)C1. The first kappa shape index (κ1) is 10.1. The predicted octanol–water partition coefficient (Wildman–Crippen LogP) is 1.47. The molecule has 0 atom stereocenters. The first-order valence-electron chi connectivity index (χ1n) is 4.77. The summed E-state index contributed by atoms with van der Waals surface area (Å²) in [6.45, 7) is 1.42. The van der Waals surface area contributed by atoms with Crippen molar-refractivity contribution in [1.29, 1.82) is 0 Å². The number of carbonyl (C=O) groups is 1. The van der Waals surface area contributed by atoms with E-state index in [9.17, 15) is 9.18 Å². The Kier molecular flexibility index (Phi) is 2.68. The van der Waals surface area contributed by atoms with Crippen molar-refractivity contribution >= 4 is 12.0 Å². The molecule has 0 aliphatic carbocycles. The molecule has 0 saturated carbocycles. The summed E-state index contributed by atoms with van der Waals surface area (Å²) in [5.74, 6) is -0.469. The Labute approximate surface area is 87.5 Å². The molecule has 0 radical (unpaired) electrons. The summed E-state index contributed by atoms with van der Waals surface area (Å²) < 4.78 is 18.4. The molecule has 0 spiro atoms. The molecule has 0 aromatic heterocycles. The highest BCUT2D eigenvalue weighted by Crippen LogP contribution is 2.26. The lowest BCUT2D eigenvalue weighted by atomic mass is 10.1. The monoisotopic (exact) mass is 209 g/mol. The largest absolute Gasteiger partial charge is 0.378 e. The van der Waals surface area contributed by atoms with Crippen LogP contribution in [0, 0.1) is 5.82 Å². The third kappa shape index (κ3) is 1.72. The number of rotatable bonds is 3. The second-order valence-corrected chi connectivity index (χ2v) is 3.55. The van der Waals surface area contributed by atoms with Crippen LogP contribution in [-0.4, -0.2) is 32.6 Å². The number of benzene rings is 1. The highest BCUT2D eigenvalue weighted by Gasteiger charge is 2.28. The van der Waals surface area contributed by atoms with Crippen LogP contribution in [-0.2, 0) is 4.74 Å². The van der Waals surface area contributed by atoms with Gasteiger partial charge < -0.3 is 9.64 Å². The molecule has 80 valence electrons. The maximum absolute atomic E-state index is 13.3. The van der Waals surface area contributed by atoms with E-state index in [-0.39, 0.29) is 11.7 Å². The summed E-state index contributed by atoms with van der Waals surface area (Å²) in [4.78, 5) is 12.7. The van der Waals surface area contributed by atoms with Gasteiger partial charge in [-0.15, -0.1) is 0 Å². The molecule has 2 rings (SSSR count). The molecule has 15 heavy (non-hydrogen) atoms. The Morgan fingerprint density at radius 3 is 2.87 bits per heavy atom. The third-order valence-electron chi connectivity index (χ3n) is 2.67. The Bertz CT molecular complexity index is 375. The molecule has 0 N–H and O–H groups in total. The van der Waals surface area contributed by atoms with E-state index in [0.29, 0.717) is 25.1 Å². The quantitative estimate of drug-likeness (QED) is 0.706. The van der Waals surface area contributed by atoms with Crippen molar-refractivity contribution < 1.29 is 13.9 Å². The number of anilines is 1. The average molecular weight is 209 g/mol. The van der Waals surface area contributed by atoms with Crippen LogP contribution in [0.25, 0.3) is 0 Å². The molecule has 1 aliphatic rings. The summed E-state index contributed by atoms with van der Waals surface area (Å²) in [6, 6.07) is 4.65. The molecule has 4 heteroatoms. The van der Waals surface area contributed by atoms with Gasteiger partial charge in [-0.1, -0.05) is 6.07 Å². The Hall–Kier alpha value is -1.42. The fourth-order valence-corrected chi connectivity index (χ4v) is 1.70. The van der Waals surface area contributed by atoms with Crippen LogP contribution in [0.1, 0.15) is 10.4 Å². The summed E-state index contributed by atoms with van der Waals surface area (Å²) in [7, 11) is 1.65. The molecular weight excluding hydrogens is 197 g/mol. The number of carbonyl (C=O) groups excluding carboxylic acids is 1. The summed E-state index contributed by atoms with van der Waals surface area (Å²) >= 11 is 0. The van der Waals surface area contributed by atoms with Crippen molar-refractivity contribution in [3.63, 3.8) is 0 Å². The minimum atomic E-state index is -0.469. The van der Waals surface area contributed by atoms with Gasteiger partial charge in [0.1, 0.15) is 5.82 Å². The first-order chi connectivity index (χ1) is 7.26. The number of hydrogen-bond donors (Lipinski definition) is 0. The van der Waals surface area contributed by atoms with Crippen molar-refractivity contribution in [2.24, 2.45) is 0 Å². The highest BCUT2D eigenvalue weighted by atomic mass is 19.1. The van der Waals surface area contributed by atoms with E-state index in [0.717, 1.165) is 0 Å². The number of hydrogen-bond acceptors (Lipinski definition) is 3. The van der Waals surface area contributed by atoms with Gasteiger partial charge in [0, 0.05) is 20.2 Å². The minimum Gasteiger partial charge on any atom is -0.378 e. The molecule has 1 saturated heterocycles. The minimum absolute atomic E-state index is 0.132. The summed E-state index contributed by atoms with van der Waals surface area (Å²) in [6.07, 6.45) is 0.748. The van der Waals surface area contributed by atoms with Crippen molar-refractivity contribution in [3.05, 3.63) is 29.6 Å². The highest BCUT2D eigenvalue weighted by molar-refractivity contribution is 5.85. The third-order valence-corrected chi connectivity index (χ3v) is 2.67. The topological polar surface area (TPSA) is 29.5 Å². The van der Waals surface area contributed by atoms with Crippen LogP contribution in [0.4, 0.5) is 10.1 Å². The van der Waals surface area contributed by atoms with Gasteiger partial charge >= 0.3 is 0 Å². The molecule has 0 unspecified atom stereocenters. The van der Waals surface area contributed by atoms with Crippen LogP contribution in [0.2, 0.25) is 0 Å². The van der Waals surface area contributed by atoms with Crippen LogP contribution in [0.5, 0.6) is 0 Å². The van der Waals surface area contributed by atoms with E-state index in [1.165, 1.54) is 6.07 Å². The van der Waals surface area contributed by atoms with E-state index in [1.807, 2.05) is 4.90 Å². The lowest BCUT2D eigenvalue weighted by Crippen LogP contribution is -2.52. The fourth-order valence-electron chi connectivity index (χ4n) is 1.70. The van der Waals surface area contributed by atoms with E-state index in [2.05, 4.69) is 0 Å². The maximum atomic E-state index is 13.3. The van der Waals surface area contributed by atoms with Crippen molar-refractivity contribution in [3.8, 4) is 0 Å². The Morgan fingerprint density at radius 1 is 1.53 bits per heavy atom. The number of ether oxygens (including phenoxy) is 1. The summed E-state index contributed by atoms with van der Waals surface area (Å²) in [5.41, 5.74) is 0.783. The zero-order valence-corrected chi connectivity index (χ0v) is 8.44. The van der Waals surface area contributed by atoms with Gasteiger partial charge in [0.2, 0.25) is 0 Å². The van der Waals surface area contributed by atoms with E-state index >= 15 is 0 Å². The zero-order chi connectivity index (χ0) is 10.8. The number of methoxy groups -OCH3 is 1. The number of nitrogens with zero attached hydrogens (tertiary/aromatic N) is 1. The zero-order valence-electron chi connectivity index (χ0n) is 8.44. The standard InChI is InChI=1S/C11H12FNO2/c1-15-8-5-13(6-8)11-4-2-3-10(12)9(11)7-14/h2-4,7-8H,5-6H2,1H3. The van der Waals surface area contributed by atoms with Crippen molar-refractivity contribution in [1.82, 2.24) is 0 Å². The lowest BCUT2D eigenvalue weighted by molar-refractivity contribution is 0.0785. The molecule has 1 aromatic rings. The van der Waals surface area contributed by atoms with Gasteiger partial charge in [-0.3, -0.25) is 4.79 Å². The second kappa shape index (κ2) is 3.98. The van der Waals surface area contributed by atoms with E-state index in [4.69, 9.17) is 4.74 Å². The molecular formula is C11H12FNO2. The Balaban J connectivity index is 2.22. The van der Waals surface area contributed by atoms with Gasteiger partial charge in [0.05, 0.1) is 17.4 Å². The fraction of sp³-hybridized carbons (Fsp3) is 0.364. The molecule has 1 heterocycles. The van der Waals surface area contributed by atoms with Gasteiger partial charge in [-0.25, -0.2) is 4.39 Å². The molecule has 0 bridgehead atoms. The molecule has 0 amide bonds. The maximum Gasteiger partial charge on any atom is 0.155 e. The van der Waals surface area contributed by atoms with Crippen LogP contribution in [0.15, 0.2) is 18.2 Å². The van der Waals surface area contributed by atoms with Crippen LogP contribution in [0.3, 0.4) is 0 Å². The van der Waals surface area contributed by atoms with Gasteiger partial charge in [0.15, 0.2) is 6.29 Å². The molecule has 1 aliphatic heterocycles. The van der Waals surface area contributed by atoms with Crippen LogP contribution < -0.4 is 4.90 Å². The Morgan fingerprint density at radius 2 is 2.27 bits per heavy atom. The smallest absolute Gasteiger partial charge is 0.155 e. The summed E-state index contributed by atoms with van der Waals surface area (Å²) in [5, 5.41) is 0. The number of halogens is 1. The van der Waals surface area contributed by atoms with E-state index in [1.54, 1.807) is 19.2 Å². The van der Waals surface area contributed by atoms with Crippen molar-refractivity contribution in [2.75, 3.05) is 25.1 Å². The van der Waals surface area contributed by atoms with E-state index < -0.39 is 5.82 Å². The van der Waals surface area contributed by atoms with Crippen LogP contribution >= 0.6 is 0 Å². The van der Waals surface area contributed by atoms with Gasteiger partial charge in [-0.2, -0.15) is 0 Å². The molecule has 3 nitrogen and oxygen atoms in total. The second-order valence-electron chi connectivity index (χ2n) is 3.55. The predicted molar refractivity (Wildman–Crippen MR) is 54.8 cm³/mol. The molecule has 1 aromatic carbocycles. The normalized spacial score (nSPS) is 16.3. The lowest BCUT2D eigenvalue weighted by Gasteiger charge is -2.40. The molecule has 1 fully saturated rings. The van der Waals surface area contributed by atoms with Gasteiger partial charge in [-0.05, 0) is 12.1 Å². The van der Waals surface area contributed by atoms with Gasteiger partial charge in [0.25, 0.3) is 0 Å². The van der Waals surface area contributed by atoms with Crippen molar-refractivity contribution in [2.45, 2.75) is 6.10 Å². The number of aldehydes is 1. The average Bonchev–Trinajstić information content (AvgIpc) is 2.16. The first-order valence-corrected chi connectivity index (χ1v) is 4.77.